The third kappa shape index (κ3) is 11.7. The second-order valence-electron chi connectivity index (χ2n) is 15.1. The minimum absolute atomic E-state index is 0.00309. The lowest BCUT2D eigenvalue weighted by molar-refractivity contribution is -0.140. The number of rotatable bonds is 18. The first-order valence-corrected chi connectivity index (χ1v) is 20.5. The van der Waals surface area contributed by atoms with Crippen molar-refractivity contribution in [2.24, 2.45) is 16.5 Å². The number of guanidine groups is 1. The maximum absolute atomic E-state index is 14.8. The van der Waals surface area contributed by atoms with Crippen molar-refractivity contribution in [3.63, 3.8) is 0 Å². The molecule has 5 aromatic carbocycles. The van der Waals surface area contributed by atoms with Gasteiger partial charge in [0.25, 0.3) is 5.89 Å². The number of benzene rings is 5. The molecule has 1 aliphatic heterocycles. The van der Waals surface area contributed by atoms with Crippen LogP contribution in [0.5, 0.6) is 0 Å². The van der Waals surface area contributed by atoms with Gasteiger partial charge in [-0.3, -0.25) is 14.4 Å². The van der Waals surface area contributed by atoms with Gasteiger partial charge in [-0.25, -0.2) is 14.8 Å². The number of ether oxygens (including phenoxy) is 2. The predicted molar refractivity (Wildman–Crippen MR) is 233 cm³/mol. The number of aliphatic imine (C=N–C) groups is 1. The standard InChI is InChI=1S/C48H49N7O7/c49-47(50)51-28-36-20-12-19-35(25-36)26-40(43(56)45-53-38-21-10-11-22-42(38)62-45)52-44(57)41-27-37(60-30-33-15-6-2-7-16-33)29-55(41)46(58)39(24-23-32-13-4-1-5-14-32)54-48(59)61-31-34-17-8-3-9-18-34/h1-22,25,37,39-41H,23-24,26-31H2,(H,52,57)(H,54,59)(H4,49,50,51)/t37-,39-,40+,41+/m1/s1. The normalized spacial score (nSPS) is 15.6. The fourth-order valence-electron chi connectivity index (χ4n) is 7.40. The molecule has 0 saturated carbocycles. The summed E-state index contributed by atoms with van der Waals surface area (Å²) in [7, 11) is 0. The van der Waals surface area contributed by atoms with E-state index in [4.69, 9.17) is 25.4 Å². The van der Waals surface area contributed by atoms with Crippen molar-refractivity contribution < 1.29 is 33.1 Å². The number of para-hydroxylation sites is 2. The molecule has 0 unspecified atom stereocenters. The van der Waals surface area contributed by atoms with Crippen molar-refractivity contribution in [3.8, 4) is 0 Å². The Kier molecular flexibility index (Phi) is 14.3. The number of alkyl carbamates (subject to hydrolysis) is 1. The highest BCUT2D eigenvalue weighted by Gasteiger charge is 2.44. The summed E-state index contributed by atoms with van der Waals surface area (Å²) in [5.41, 5.74) is 16.2. The largest absolute Gasteiger partial charge is 0.445 e. The maximum Gasteiger partial charge on any atom is 0.408 e. The van der Waals surface area contributed by atoms with Crippen LogP contribution in [0.25, 0.3) is 11.1 Å². The van der Waals surface area contributed by atoms with Crippen LogP contribution in [-0.4, -0.2) is 70.3 Å². The lowest BCUT2D eigenvalue weighted by Crippen LogP contribution is -2.55. The smallest absolute Gasteiger partial charge is 0.408 e. The van der Waals surface area contributed by atoms with Gasteiger partial charge in [-0.2, -0.15) is 0 Å². The molecule has 14 heteroatoms. The third-order valence-electron chi connectivity index (χ3n) is 10.6. The van der Waals surface area contributed by atoms with Gasteiger partial charge in [-0.15, -0.1) is 0 Å². The van der Waals surface area contributed by atoms with Gasteiger partial charge in [0, 0.05) is 19.4 Å². The number of nitrogens with one attached hydrogen (secondary N) is 2. The molecule has 0 aliphatic carbocycles. The summed E-state index contributed by atoms with van der Waals surface area (Å²) in [5.74, 6) is -1.85. The number of oxazole rings is 1. The van der Waals surface area contributed by atoms with E-state index < -0.39 is 47.9 Å². The zero-order chi connectivity index (χ0) is 43.3. The van der Waals surface area contributed by atoms with Crippen LogP contribution >= 0.6 is 0 Å². The third-order valence-corrected chi connectivity index (χ3v) is 10.6. The molecule has 7 rings (SSSR count). The number of fused-ring (bicyclic) bond motifs is 1. The van der Waals surface area contributed by atoms with Gasteiger partial charge >= 0.3 is 6.09 Å². The average molecular weight is 836 g/mol. The first-order chi connectivity index (χ1) is 30.2. The molecule has 0 bridgehead atoms. The molecule has 6 aromatic rings. The zero-order valence-corrected chi connectivity index (χ0v) is 34.1. The molecule has 2 heterocycles. The van der Waals surface area contributed by atoms with Crippen LogP contribution in [0.1, 0.15) is 51.3 Å². The summed E-state index contributed by atoms with van der Waals surface area (Å²) in [6.07, 6.45) is -0.457. The van der Waals surface area contributed by atoms with E-state index in [1.54, 1.807) is 24.3 Å². The van der Waals surface area contributed by atoms with E-state index in [0.29, 0.717) is 23.1 Å². The number of nitrogens with zero attached hydrogens (tertiary/aromatic N) is 3. The second kappa shape index (κ2) is 20.8. The van der Waals surface area contributed by atoms with Crippen LogP contribution in [0, 0.1) is 0 Å². The number of Topliss-reactive ketones (excluding diaryl/α,β-unsaturated/α-hetero) is 1. The highest BCUT2D eigenvalue weighted by Crippen LogP contribution is 2.25. The van der Waals surface area contributed by atoms with Gasteiger partial charge in [0.2, 0.25) is 17.6 Å². The van der Waals surface area contributed by atoms with Gasteiger partial charge in [0.1, 0.15) is 30.2 Å². The van der Waals surface area contributed by atoms with Gasteiger partial charge in [-0.05, 0) is 52.8 Å². The van der Waals surface area contributed by atoms with E-state index in [1.807, 2.05) is 115 Å². The van der Waals surface area contributed by atoms with Gasteiger partial charge in [0.15, 0.2) is 11.5 Å². The van der Waals surface area contributed by atoms with Crippen LogP contribution in [0.15, 0.2) is 149 Å². The van der Waals surface area contributed by atoms with Crippen molar-refractivity contribution in [1.82, 2.24) is 20.5 Å². The molecule has 0 radical (unpaired) electrons. The Hall–Kier alpha value is -7.32. The fraction of sp³-hybridized carbons (Fsp3) is 0.250. The lowest BCUT2D eigenvalue weighted by atomic mass is 9.99. The number of hydrogen-bond donors (Lipinski definition) is 4. The van der Waals surface area contributed by atoms with E-state index in [0.717, 1.165) is 22.3 Å². The molecule has 4 atom stereocenters. The number of carbonyl (C=O) groups excluding carboxylic acids is 4. The van der Waals surface area contributed by atoms with E-state index in [1.165, 1.54) is 4.90 Å². The number of nitrogens with two attached hydrogens (primary N) is 2. The predicted octanol–water partition coefficient (Wildman–Crippen LogP) is 5.63. The molecule has 1 aliphatic rings. The van der Waals surface area contributed by atoms with Crippen molar-refractivity contribution in [3.05, 3.63) is 173 Å². The Labute approximate surface area is 359 Å². The van der Waals surface area contributed by atoms with Gasteiger partial charge < -0.3 is 40.9 Å². The summed E-state index contributed by atoms with van der Waals surface area (Å²) in [5, 5.41) is 5.75. The number of hydrogen-bond acceptors (Lipinski definition) is 9. The second-order valence-corrected chi connectivity index (χ2v) is 15.1. The molecule has 318 valence electrons. The summed E-state index contributed by atoms with van der Waals surface area (Å²) in [4.78, 5) is 67.1. The quantitative estimate of drug-likeness (QED) is 0.0478. The van der Waals surface area contributed by atoms with Gasteiger partial charge in [-0.1, -0.05) is 127 Å². The van der Waals surface area contributed by atoms with Gasteiger partial charge in [0.05, 0.1) is 19.3 Å². The molecule has 0 spiro atoms. The number of amides is 3. The highest BCUT2D eigenvalue weighted by molar-refractivity contribution is 6.01. The van der Waals surface area contributed by atoms with Crippen molar-refractivity contribution >= 4 is 40.8 Å². The monoisotopic (exact) mass is 835 g/mol. The molecular weight excluding hydrogens is 787 g/mol. The minimum atomic E-state index is -1.16. The fourth-order valence-corrected chi connectivity index (χ4v) is 7.40. The van der Waals surface area contributed by atoms with Crippen LogP contribution in [0.2, 0.25) is 0 Å². The van der Waals surface area contributed by atoms with Crippen molar-refractivity contribution in [1.29, 1.82) is 0 Å². The summed E-state index contributed by atoms with van der Waals surface area (Å²) in [6.45, 7) is 0.527. The number of carbonyl (C=O) groups is 4. The molecule has 3 amide bonds. The summed E-state index contributed by atoms with van der Waals surface area (Å²) >= 11 is 0. The highest BCUT2D eigenvalue weighted by atomic mass is 16.5. The van der Waals surface area contributed by atoms with E-state index in [9.17, 15) is 19.2 Å². The number of aryl methyl sites for hydroxylation is 1. The van der Waals surface area contributed by atoms with E-state index in [-0.39, 0.29) is 57.4 Å². The number of likely N-dealkylation sites (tertiary alicyclic amines) is 1. The first-order valence-electron chi connectivity index (χ1n) is 20.5. The van der Waals surface area contributed by atoms with Crippen molar-refractivity contribution in [2.75, 3.05) is 6.54 Å². The molecule has 1 aromatic heterocycles. The SMILES string of the molecule is NC(N)=NCc1cccc(C[C@H](NC(=O)[C@@H]2C[C@@H](OCc3ccccc3)CN2C(=O)[C@@H](CCc2ccccc2)NC(=O)OCc2ccccc2)C(=O)c2nc3ccccc3o2)c1. The Morgan fingerprint density at radius 3 is 2.06 bits per heavy atom. The molecular formula is C48H49N7O7. The Morgan fingerprint density at radius 1 is 0.742 bits per heavy atom. The Balaban J connectivity index is 1.16. The summed E-state index contributed by atoms with van der Waals surface area (Å²) in [6, 6.07) is 39.4. The number of ketones is 1. The van der Waals surface area contributed by atoms with Crippen LogP contribution in [-0.2, 0) is 51.7 Å². The minimum Gasteiger partial charge on any atom is -0.445 e. The summed E-state index contributed by atoms with van der Waals surface area (Å²) < 4.78 is 17.8. The molecule has 1 fully saturated rings. The molecule has 62 heavy (non-hydrogen) atoms. The van der Waals surface area contributed by atoms with E-state index in [2.05, 4.69) is 20.6 Å². The van der Waals surface area contributed by atoms with Crippen LogP contribution in [0.3, 0.4) is 0 Å². The Bertz CT molecular complexity index is 2440. The zero-order valence-electron chi connectivity index (χ0n) is 34.1. The maximum atomic E-state index is 14.8. The topological polar surface area (TPSA) is 204 Å². The number of aromatic nitrogens is 1. The lowest BCUT2D eigenvalue weighted by Gasteiger charge is -2.29. The molecule has 14 nitrogen and oxygen atoms in total. The Morgan fingerprint density at radius 2 is 1.37 bits per heavy atom. The molecule has 6 N–H and O–H groups in total. The average Bonchev–Trinajstić information content (AvgIpc) is 3.94. The molecule has 1 saturated heterocycles. The van der Waals surface area contributed by atoms with Crippen LogP contribution in [0.4, 0.5) is 4.79 Å². The van der Waals surface area contributed by atoms with E-state index >= 15 is 0 Å². The van der Waals surface area contributed by atoms with Crippen LogP contribution < -0.4 is 22.1 Å². The first kappa shape index (κ1) is 42.8. The van der Waals surface area contributed by atoms with Crippen molar-refractivity contribution in [2.45, 2.75) is 69.7 Å².